The van der Waals surface area contributed by atoms with Crippen molar-refractivity contribution in [3.8, 4) is 0 Å². The molecule has 0 aromatic heterocycles. The molecule has 0 radical (unpaired) electrons. The minimum absolute atomic E-state index is 0.0327. The second-order valence-electron chi connectivity index (χ2n) is 28.0. The molecular weight excluding hydrogens is 1280 g/mol. The molecule has 97 heavy (non-hydrogen) atoms. The Labute approximate surface area is 580 Å². The Kier molecular flexibility index (Phi) is 49.4. The van der Waals surface area contributed by atoms with Crippen LogP contribution in [0.3, 0.4) is 0 Å². The van der Waals surface area contributed by atoms with E-state index in [2.05, 4.69) is 27.7 Å². The van der Waals surface area contributed by atoms with Gasteiger partial charge in [0.1, 0.15) is 98.7 Å². The molecule has 2 saturated heterocycles. The molecule has 0 amide bonds. The molecule has 2 heterocycles. The fourth-order valence-corrected chi connectivity index (χ4v) is 13.9. The monoisotopic (exact) mass is 1410 g/mol. The van der Waals surface area contributed by atoms with Gasteiger partial charge in [-0.2, -0.15) is 0 Å². The first kappa shape index (κ1) is 89.2. The van der Waals surface area contributed by atoms with Crippen molar-refractivity contribution in [2.75, 3.05) is 26.4 Å². The maximum Gasteiger partial charge on any atom is 0.472 e. The van der Waals surface area contributed by atoms with Crippen LogP contribution in [0.15, 0.2) is 0 Å². The number of phosphoric ester groups is 1. The average molecular weight is 1420 g/mol. The highest BCUT2D eigenvalue weighted by atomic mass is 31.2. The highest BCUT2D eigenvalue weighted by Gasteiger charge is 2.58. The van der Waals surface area contributed by atoms with Gasteiger partial charge < -0.3 is 89.1 Å². The molecule has 19 unspecified atom stereocenters. The van der Waals surface area contributed by atoms with Gasteiger partial charge in [-0.05, 0) is 25.2 Å². The molecule has 1 aliphatic carbocycles. The molecule has 2 aliphatic heterocycles. The molecule has 3 aliphatic rings. The number of carbonyl (C=O) groups is 3. The SMILES string of the molecule is CCCCCCCCCCCCCCCCC(=O)OCC(COP(=O)(O)OC1C(OC2OC(CO)C(O)C(O)C2O)C(O)C(O)C(O)C1OC1OC(COC(=O)CCCCCCCCCCCCCC)C(O)C(O)C1O)OC(=O)CCCCCCCCC(C)CCCCCCCC. The Morgan fingerprint density at radius 2 is 0.722 bits per heavy atom. The van der Waals surface area contributed by atoms with Crippen LogP contribution in [0.4, 0.5) is 0 Å². The first-order valence-electron chi connectivity index (χ1n) is 38.2. The second-order valence-corrected chi connectivity index (χ2v) is 29.4. The summed E-state index contributed by atoms with van der Waals surface area (Å²) < 4.78 is 65.1. The van der Waals surface area contributed by atoms with Crippen molar-refractivity contribution in [1.82, 2.24) is 0 Å². The van der Waals surface area contributed by atoms with Crippen LogP contribution in [-0.4, -0.2) is 204 Å². The third-order valence-corrected chi connectivity index (χ3v) is 20.3. The Balaban J connectivity index is 1.74. The fourth-order valence-electron chi connectivity index (χ4n) is 12.9. The zero-order valence-corrected chi connectivity index (χ0v) is 60.7. The fraction of sp³-hybridized carbons (Fsp3) is 0.958. The van der Waals surface area contributed by atoms with Crippen molar-refractivity contribution in [2.24, 2.45) is 5.92 Å². The average Bonchev–Trinajstić information content (AvgIpc) is 0.767. The van der Waals surface area contributed by atoms with E-state index in [0.717, 1.165) is 89.9 Å². The standard InChI is InChI=1S/C72H135O24P/c1-5-8-11-14-17-19-21-23-24-26-28-29-35-40-45-56(74)88-49-53(91-58(76)47-42-37-32-31-34-39-44-52(4)43-38-33-16-13-10-7-3)50-90-97(86,87)96-70-68(94-71-66(84)61(79)59(77)54(48-73)92-71)64(82)63(81)65(83)69(70)95-72-67(85)62(80)60(78)55(93-72)51-89-57(75)46-41-36-30-27-25-22-20-18-15-12-9-6-2/h52-55,59-73,77-85H,5-51H2,1-4H3,(H,86,87). The molecule has 3 fully saturated rings. The maximum absolute atomic E-state index is 14.3. The van der Waals surface area contributed by atoms with E-state index < -0.39 is 156 Å². The van der Waals surface area contributed by atoms with Gasteiger partial charge in [0.15, 0.2) is 18.7 Å². The zero-order valence-electron chi connectivity index (χ0n) is 59.8. The number of unbranched alkanes of at least 4 members (excludes halogenated alkanes) is 34. The molecule has 0 spiro atoms. The first-order chi connectivity index (χ1) is 46.7. The normalized spacial score (nSPS) is 28.1. The quantitative estimate of drug-likeness (QED) is 0.0117. The number of esters is 3. The third kappa shape index (κ3) is 37.3. The van der Waals surface area contributed by atoms with E-state index in [1.807, 2.05) is 0 Å². The van der Waals surface area contributed by atoms with Gasteiger partial charge >= 0.3 is 25.7 Å². The molecule has 0 aromatic rings. The lowest BCUT2D eigenvalue weighted by molar-refractivity contribution is -0.360. The van der Waals surface area contributed by atoms with Crippen LogP contribution in [0.1, 0.15) is 304 Å². The highest BCUT2D eigenvalue weighted by molar-refractivity contribution is 7.47. The Morgan fingerprint density at radius 1 is 0.392 bits per heavy atom. The number of rotatable bonds is 59. The van der Waals surface area contributed by atoms with Crippen molar-refractivity contribution < 1.29 is 117 Å². The van der Waals surface area contributed by atoms with Gasteiger partial charge in [0, 0.05) is 19.3 Å². The largest absolute Gasteiger partial charge is 0.472 e. The van der Waals surface area contributed by atoms with Crippen LogP contribution in [0.5, 0.6) is 0 Å². The van der Waals surface area contributed by atoms with E-state index in [-0.39, 0.29) is 19.3 Å². The van der Waals surface area contributed by atoms with Crippen LogP contribution in [0, 0.1) is 5.92 Å². The Hall–Kier alpha value is -2.04. The van der Waals surface area contributed by atoms with Crippen molar-refractivity contribution in [3.63, 3.8) is 0 Å². The Morgan fingerprint density at radius 3 is 1.11 bits per heavy atom. The van der Waals surface area contributed by atoms with Gasteiger partial charge in [-0.25, -0.2) is 4.57 Å². The summed E-state index contributed by atoms with van der Waals surface area (Å²) in [5.74, 6) is -1.30. The van der Waals surface area contributed by atoms with Crippen molar-refractivity contribution in [1.29, 1.82) is 0 Å². The number of carbonyl (C=O) groups excluding carboxylic acids is 3. The Bertz CT molecular complexity index is 2030. The van der Waals surface area contributed by atoms with Crippen molar-refractivity contribution in [3.05, 3.63) is 0 Å². The highest BCUT2D eigenvalue weighted by Crippen LogP contribution is 2.49. The van der Waals surface area contributed by atoms with Crippen LogP contribution in [-0.2, 0) is 61.2 Å². The summed E-state index contributed by atoms with van der Waals surface area (Å²) in [6, 6.07) is 0. The van der Waals surface area contributed by atoms with Gasteiger partial charge in [-0.1, -0.05) is 265 Å². The van der Waals surface area contributed by atoms with E-state index in [0.29, 0.717) is 25.2 Å². The van der Waals surface area contributed by atoms with Crippen LogP contribution >= 0.6 is 7.82 Å². The zero-order chi connectivity index (χ0) is 71.2. The number of hydrogen-bond donors (Lipinski definition) is 11. The van der Waals surface area contributed by atoms with Gasteiger partial charge in [-0.3, -0.25) is 23.4 Å². The summed E-state index contributed by atoms with van der Waals surface area (Å²) in [6.45, 7) is 5.78. The summed E-state index contributed by atoms with van der Waals surface area (Å²) in [7, 11) is -5.69. The molecule has 11 N–H and O–H groups in total. The lowest BCUT2D eigenvalue weighted by Gasteiger charge is -2.49. The second kappa shape index (κ2) is 53.7. The van der Waals surface area contributed by atoms with Crippen LogP contribution < -0.4 is 0 Å². The van der Waals surface area contributed by atoms with E-state index in [1.165, 1.54) is 148 Å². The predicted octanol–water partition coefficient (Wildman–Crippen LogP) is 10.4. The molecule has 1 saturated carbocycles. The minimum atomic E-state index is -5.69. The van der Waals surface area contributed by atoms with E-state index in [4.69, 9.17) is 42.2 Å². The smallest absolute Gasteiger partial charge is 0.463 e. The van der Waals surface area contributed by atoms with E-state index in [9.17, 15) is 74.9 Å². The minimum Gasteiger partial charge on any atom is -0.463 e. The maximum atomic E-state index is 14.3. The molecule has 572 valence electrons. The molecular formula is C72H135O24P. The summed E-state index contributed by atoms with van der Waals surface area (Å²) in [4.78, 5) is 51.0. The number of aliphatic hydroxyl groups is 10. The molecule has 19 atom stereocenters. The van der Waals surface area contributed by atoms with Gasteiger partial charge in [0.05, 0.1) is 13.2 Å². The van der Waals surface area contributed by atoms with Crippen molar-refractivity contribution in [2.45, 2.75) is 408 Å². The van der Waals surface area contributed by atoms with Gasteiger partial charge in [0.2, 0.25) is 0 Å². The van der Waals surface area contributed by atoms with Crippen molar-refractivity contribution >= 4 is 25.7 Å². The molecule has 0 aromatic carbocycles. The number of hydrogen-bond acceptors (Lipinski definition) is 23. The summed E-state index contributed by atoms with van der Waals surface area (Å²) >= 11 is 0. The molecule has 3 rings (SSSR count). The van der Waals surface area contributed by atoms with Crippen LogP contribution in [0.2, 0.25) is 0 Å². The molecule has 25 heteroatoms. The lowest BCUT2D eigenvalue weighted by Crippen LogP contribution is -2.69. The van der Waals surface area contributed by atoms with Gasteiger partial charge in [0.25, 0.3) is 0 Å². The molecule has 0 bridgehead atoms. The lowest BCUT2D eigenvalue weighted by atomic mass is 9.84. The van der Waals surface area contributed by atoms with E-state index in [1.54, 1.807) is 0 Å². The third-order valence-electron chi connectivity index (χ3n) is 19.3. The van der Waals surface area contributed by atoms with Gasteiger partial charge in [-0.15, -0.1) is 0 Å². The van der Waals surface area contributed by atoms with Crippen LogP contribution in [0.25, 0.3) is 0 Å². The van der Waals surface area contributed by atoms with E-state index >= 15 is 0 Å². The number of phosphoric acid groups is 1. The summed E-state index contributed by atoms with van der Waals surface area (Å²) in [6.07, 6.45) is 8.89. The topological polar surface area (TPSA) is 374 Å². The predicted molar refractivity (Wildman–Crippen MR) is 365 cm³/mol. The summed E-state index contributed by atoms with van der Waals surface area (Å²) in [5, 5.41) is 110. The first-order valence-corrected chi connectivity index (χ1v) is 39.7. The number of ether oxygens (including phenoxy) is 7. The molecule has 24 nitrogen and oxygen atoms in total. The number of aliphatic hydroxyl groups excluding tert-OH is 10. The summed E-state index contributed by atoms with van der Waals surface area (Å²) in [5.41, 5.74) is 0.